The van der Waals surface area contributed by atoms with Gasteiger partial charge in [0.2, 0.25) is 0 Å². The van der Waals surface area contributed by atoms with Crippen LogP contribution in [-0.4, -0.2) is 63.2 Å². The molecule has 0 atom stereocenters. The SMILES string of the molecule is Cc1ccc(C)n1CCN1CCN(C(=O)c2ccc(=O)[nH]n2)CC1. The minimum absolute atomic E-state index is 0.122. The fourth-order valence-electron chi connectivity index (χ4n) is 3.09. The number of piperazine rings is 1. The number of amides is 1. The molecule has 1 aliphatic rings. The smallest absolute Gasteiger partial charge is 0.274 e. The molecule has 128 valence electrons. The van der Waals surface area contributed by atoms with Crippen molar-refractivity contribution in [3.8, 4) is 0 Å². The number of aryl methyl sites for hydroxylation is 2. The van der Waals surface area contributed by atoms with Crippen LogP contribution in [0.15, 0.2) is 29.1 Å². The second-order valence-corrected chi connectivity index (χ2v) is 6.21. The van der Waals surface area contributed by atoms with Crippen LogP contribution in [0.2, 0.25) is 0 Å². The Morgan fingerprint density at radius 3 is 2.29 bits per heavy atom. The Bertz CT molecular complexity index is 732. The summed E-state index contributed by atoms with van der Waals surface area (Å²) in [6, 6.07) is 7.09. The average molecular weight is 329 g/mol. The molecule has 1 saturated heterocycles. The molecule has 0 bridgehead atoms. The molecule has 1 amide bonds. The molecule has 0 unspecified atom stereocenters. The van der Waals surface area contributed by atoms with E-state index in [0.29, 0.717) is 18.8 Å². The molecule has 1 fully saturated rings. The molecule has 7 heteroatoms. The lowest BCUT2D eigenvalue weighted by Crippen LogP contribution is -2.49. The van der Waals surface area contributed by atoms with E-state index in [1.54, 1.807) is 4.90 Å². The van der Waals surface area contributed by atoms with E-state index >= 15 is 0 Å². The molecule has 2 aromatic rings. The second-order valence-electron chi connectivity index (χ2n) is 6.21. The number of aromatic nitrogens is 3. The maximum Gasteiger partial charge on any atom is 0.274 e. The third-order valence-corrected chi connectivity index (χ3v) is 4.61. The van der Waals surface area contributed by atoms with Gasteiger partial charge >= 0.3 is 0 Å². The molecule has 3 rings (SSSR count). The molecule has 1 aliphatic heterocycles. The number of aromatic amines is 1. The van der Waals surface area contributed by atoms with E-state index in [1.165, 1.54) is 23.5 Å². The van der Waals surface area contributed by atoms with Gasteiger partial charge in [-0.15, -0.1) is 0 Å². The fraction of sp³-hybridized carbons (Fsp3) is 0.471. The predicted octanol–water partition coefficient (Wildman–Crippen LogP) is 0.646. The van der Waals surface area contributed by atoms with Gasteiger partial charge in [0.15, 0.2) is 0 Å². The summed E-state index contributed by atoms with van der Waals surface area (Å²) < 4.78 is 2.32. The molecule has 1 N–H and O–H groups in total. The monoisotopic (exact) mass is 329 g/mol. The predicted molar refractivity (Wildman–Crippen MR) is 91.1 cm³/mol. The third-order valence-electron chi connectivity index (χ3n) is 4.61. The highest BCUT2D eigenvalue weighted by molar-refractivity contribution is 5.92. The van der Waals surface area contributed by atoms with Gasteiger partial charge in [0.25, 0.3) is 11.5 Å². The lowest BCUT2D eigenvalue weighted by molar-refractivity contribution is 0.0626. The largest absolute Gasteiger partial charge is 0.348 e. The van der Waals surface area contributed by atoms with Crippen molar-refractivity contribution in [3.63, 3.8) is 0 Å². The first kappa shape index (κ1) is 16.4. The van der Waals surface area contributed by atoms with E-state index in [0.717, 1.165) is 26.2 Å². The van der Waals surface area contributed by atoms with E-state index in [-0.39, 0.29) is 11.5 Å². The Morgan fingerprint density at radius 1 is 1.04 bits per heavy atom. The van der Waals surface area contributed by atoms with Crippen molar-refractivity contribution >= 4 is 5.91 Å². The number of hydrogen-bond acceptors (Lipinski definition) is 4. The summed E-state index contributed by atoms with van der Waals surface area (Å²) in [5.74, 6) is -0.122. The number of carbonyl (C=O) groups excluding carboxylic acids is 1. The number of H-pyrrole nitrogens is 1. The van der Waals surface area contributed by atoms with Crippen LogP contribution < -0.4 is 5.56 Å². The van der Waals surface area contributed by atoms with Crippen molar-refractivity contribution in [2.24, 2.45) is 0 Å². The van der Waals surface area contributed by atoms with Gasteiger partial charge in [-0.05, 0) is 32.0 Å². The maximum atomic E-state index is 12.4. The highest BCUT2D eigenvalue weighted by Gasteiger charge is 2.23. The maximum absolute atomic E-state index is 12.4. The number of hydrogen-bond donors (Lipinski definition) is 1. The first-order valence-corrected chi connectivity index (χ1v) is 8.25. The van der Waals surface area contributed by atoms with Crippen molar-refractivity contribution < 1.29 is 4.79 Å². The van der Waals surface area contributed by atoms with Crippen molar-refractivity contribution in [1.82, 2.24) is 24.6 Å². The van der Waals surface area contributed by atoms with Gasteiger partial charge in [0, 0.05) is 56.7 Å². The number of carbonyl (C=O) groups is 1. The second kappa shape index (κ2) is 7.00. The summed E-state index contributed by atoms with van der Waals surface area (Å²) in [5.41, 5.74) is 2.56. The van der Waals surface area contributed by atoms with Crippen LogP contribution >= 0.6 is 0 Å². The normalized spacial score (nSPS) is 15.7. The quantitative estimate of drug-likeness (QED) is 0.894. The van der Waals surface area contributed by atoms with Crippen molar-refractivity contribution in [1.29, 1.82) is 0 Å². The van der Waals surface area contributed by atoms with Gasteiger partial charge in [-0.1, -0.05) is 0 Å². The summed E-state index contributed by atoms with van der Waals surface area (Å²) in [7, 11) is 0. The first-order valence-electron chi connectivity index (χ1n) is 8.25. The van der Waals surface area contributed by atoms with Crippen LogP contribution in [0.25, 0.3) is 0 Å². The van der Waals surface area contributed by atoms with E-state index in [4.69, 9.17) is 0 Å². The molecule has 2 aromatic heterocycles. The third kappa shape index (κ3) is 3.56. The Hall–Kier alpha value is -2.41. The molecule has 0 saturated carbocycles. The first-order chi connectivity index (χ1) is 11.5. The van der Waals surface area contributed by atoms with Gasteiger partial charge in [0.05, 0.1) is 0 Å². The molecular formula is C17H23N5O2. The Labute approximate surface area is 140 Å². The van der Waals surface area contributed by atoms with E-state index in [1.807, 2.05) is 0 Å². The topological polar surface area (TPSA) is 74.2 Å². The van der Waals surface area contributed by atoms with Crippen molar-refractivity contribution in [2.75, 3.05) is 32.7 Å². The van der Waals surface area contributed by atoms with Gasteiger partial charge in [-0.25, -0.2) is 5.10 Å². The summed E-state index contributed by atoms with van der Waals surface area (Å²) in [4.78, 5) is 27.6. The highest BCUT2D eigenvalue weighted by atomic mass is 16.2. The molecular weight excluding hydrogens is 306 g/mol. The van der Waals surface area contributed by atoms with E-state index < -0.39 is 0 Å². The minimum Gasteiger partial charge on any atom is -0.348 e. The summed E-state index contributed by atoms with van der Waals surface area (Å²) >= 11 is 0. The molecule has 24 heavy (non-hydrogen) atoms. The van der Waals surface area contributed by atoms with Gasteiger partial charge < -0.3 is 9.47 Å². The van der Waals surface area contributed by atoms with E-state index in [2.05, 4.69) is 45.6 Å². The minimum atomic E-state index is -0.299. The zero-order valence-corrected chi connectivity index (χ0v) is 14.2. The molecule has 3 heterocycles. The van der Waals surface area contributed by atoms with Gasteiger partial charge in [-0.2, -0.15) is 5.10 Å². The lowest BCUT2D eigenvalue weighted by atomic mass is 10.2. The number of rotatable bonds is 4. The van der Waals surface area contributed by atoms with Crippen molar-refractivity contribution in [3.05, 3.63) is 51.7 Å². The number of nitrogens with zero attached hydrogens (tertiary/aromatic N) is 4. The summed E-state index contributed by atoms with van der Waals surface area (Å²) in [6.45, 7) is 9.28. The Morgan fingerprint density at radius 2 is 1.71 bits per heavy atom. The van der Waals surface area contributed by atoms with Crippen LogP contribution in [0.1, 0.15) is 21.9 Å². The molecule has 0 aliphatic carbocycles. The summed E-state index contributed by atoms with van der Waals surface area (Å²) in [5, 5.41) is 6.13. The molecule has 7 nitrogen and oxygen atoms in total. The Kier molecular flexibility index (Phi) is 4.80. The van der Waals surface area contributed by atoms with Gasteiger partial charge in [-0.3, -0.25) is 14.5 Å². The van der Waals surface area contributed by atoms with Crippen molar-refractivity contribution in [2.45, 2.75) is 20.4 Å². The summed E-state index contributed by atoms with van der Waals surface area (Å²) in [6.07, 6.45) is 0. The van der Waals surface area contributed by atoms with Crippen LogP contribution in [0.4, 0.5) is 0 Å². The zero-order chi connectivity index (χ0) is 17.1. The van der Waals surface area contributed by atoms with Crippen LogP contribution in [-0.2, 0) is 6.54 Å². The molecule has 0 spiro atoms. The van der Waals surface area contributed by atoms with Gasteiger partial charge in [0.1, 0.15) is 5.69 Å². The highest BCUT2D eigenvalue weighted by Crippen LogP contribution is 2.09. The lowest BCUT2D eigenvalue weighted by Gasteiger charge is -2.34. The fourth-order valence-corrected chi connectivity index (χ4v) is 3.09. The van der Waals surface area contributed by atoms with Crippen LogP contribution in [0, 0.1) is 13.8 Å². The van der Waals surface area contributed by atoms with E-state index in [9.17, 15) is 9.59 Å². The average Bonchev–Trinajstić information content (AvgIpc) is 2.92. The zero-order valence-electron chi connectivity index (χ0n) is 14.2. The standard InChI is InChI=1S/C17H23N5O2/c1-13-3-4-14(2)22(13)12-9-20-7-10-21(11-8-20)17(24)15-5-6-16(23)19-18-15/h3-6H,7-12H2,1-2H3,(H,19,23). The Balaban J connectivity index is 1.51. The van der Waals surface area contributed by atoms with Crippen LogP contribution in [0.3, 0.4) is 0 Å². The molecule has 0 aromatic carbocycles. The van der Waals surface area contributed by atoms with Crippen LogP contribution in [0.5, 0.6) is 0 Å². The number of nitrogens with one attached hydrogen (secondary N) is 1. The molecule has 0 radical (unpaired) electrons.